The fourth-order valence-electron chi connectivity index (χ4n) is 4.39. The third-order valence-corrected chi connectivity index (χ3v) is 6.25. The SMILES string of the molecule is CCCCCCCCCCc1ccc(-c2cnc(C3CCCCC3)nc2)cc1. The van der Waals surface area contributed by atoms with E-state index in [0.29, 0.717) is 5.92 Å². The molecule has 0 atom stereocenters. The van der Waals surface area contributed by atoms with Crippen LogP contribution in [0.3, 0.4) is 0 Å². The maximum Gasteiger partial charge on any atom is 0.131 e. The number of aromatic nitrogens is 2. The van der Waals surface area contributed by atoms with Crippen molar-refractivity contribution in [3.8, 4) is 11.1 Å². The molecule has 3 rings (SSSR count). The number of benzene rings is 1. The molecule has 1 saturated carbocycles. The first kappa shape index (κ1) is 21.0. The van der Waals surface area contributed by atoms with Crippen LogP contribution in [0, 0.1) is 0 Å². The van der Waals surface area contributed by atoms with Crippen LogP contribution in [-0.4, -0.2) is 9.97 Å². The molecule has 0 radical (unpaired) electrons. The summed E-state index contributed by atoms with van der Waals surface area (Å²) >= 11 is 0. The van der Waals surface area contributed by atoms with Gasteiger partial charge in [-0.05, 0) is 36.8 Å². The van der Waals surface area contributed by atoms with E-state index < -0.39 is 0 Å². The highest BCUT2D eigenvalue weighted by molar-refractivity contribution is 5.61. The second-order valence-corrected chi connectivity index (χ2v) is 8.59. The van der Waals surface area contributed by atoms with Gasteiger partial charge in [-0.3, -0.25) is 0 Å². The molecule has 1 aromatic heterocycles. The van der Waals surface area contributed by atoms with E-state index in [-0.39, 0.29) is 0 Å². The van der Waals surface area contributed by atoms with E-state index in [9.17, 15) is 0 Å². The van der Waals surface area contributed by atoms with E-state index in [1.165, 1.54) is 101 Å². The second kappa shape index (κ2) is 12.0. The van der Waals surface area contributed by atoms with Gasteiger partial charge in [0.1, 0.15) is 5.82 Å². The van der Waals surface area contributed by atoms with Gasteiger partial charge in [0, 0.05) is 23.9 Å². The Morgan fingerprint density at radius 2 is 1.32 bits per heavy atom. The zero-order valence-electron chi connectivity index (χ0n) is 17.8. The molecule has 0 spiro atoms. The zero-order valence-corrected chi connectivity index (χ0v) is 17.8. The predicted molar refractivity (Wildman–Crippen MR) is 120 cm³/mol. The minimum Gasteiger partial charge on any atom is -0.240 e. The van der Waals surface area contributed by atoms with Crippen LogP contribution in [0.2, 0.25) is 0 Å². The van der Waals surface area contributed by atoms with Gasteiger partial charge in [-0.15, -0.1) is 0 Å². The monoisotopic (exact) mass is 378 g/mol. The third-order valence-electron chi connectivity index (χ3n) is 6.25. The second-order valence-electron chi connectivity index (χ2n) is 8.59. The van der Waals surface area contributed by atoms with Crippen LogP contribution in [0.1, 0.15) is 108 Å². The van der Waals surface area contributed by atoms with Gasteiger partial charge in [0.15, 0.2) is 0 Å². The summed E-state index contributed by atoms with van der Waals surface area (Å²) in [4.78, 5) is 9.37. The van der Waals surface area contributed by atoms with Gasteiger partial charge in [0.25, 0.3) is 0 Å². The van der Waals surface area contributed by atoms with Crippen molar-refractivity contribution in [2.75, 3.05) is 0 Å². The molecule has 152 valence electrons. The molecule has 1 aromatic carbocycles. The summed E-state index contributed by atoms with van der Waals surface area (Å²) < 4.78 is 0. The van der Waals surface area contributed by atoms with Crippen molar-refractivity contribution in [3.63, 3.8) is 0 Å². The first-order valence-corrected chi connectivity index (χ1v) is 11.8. The third kappa shape index (κ3) is 6.72. The van der Waals surface area contributed by atoms with Crippen molar-refractivity contribution >= 4 is 0 Å². The molecule has 0 bridgehead atoms. The number of nitrogens with zero attached hydrogens (tertiary/aromatic N) is 2. The number of hydrogen-bond acceptors (Lipinski definition) is 2. The van der Waals surface area contributed by atoms with Gasteiger partial charge in [-0.2, -0.15) is 0 Å². The van der Waals surface area contributed by atoms with Crippen molar-refractivity contribution in [2.24, 2.45) is 0 Å². The van der Waals surface area contributed by atoms with Crippen molar-refractivity contribution in [1.29, 1.82) is 0 Å². The summed E-state index contributed by atoms with van der Waals surface area (Å²) in [5.41, 5.74) is 3.82. The maximum absolute atomic E-state index is 4.69. The topological polar surface area (TPSA) is 25.8 Å². The van der Waals surface area contributed by atoms with Crippen molar-refractivity contribution in [2.45, 2.75) is 103 Å². The highest BCUT2D eigenvalue weighted by Crippen LogP contribution is 2.31. The summed E-state index contributed by atoms with van der Waals surface area (Å²) in [6, 6.07) is 9.04. The summed E-state index contributed by atoms with van der Waals surface area (Å²) in [7, 11) is 0. The Kier molecular flexibility index (Phi) is 9.00. The van der Waals surface area contributed by atoms with Crippen LogP contribution < -0.4 is 0 Å². The molecule has 0 N–H and O–H groups in total. The maximum atomic E-state index is 4.69. The van der Waals surface area contributed by atoms with E-state index in [1.54, 1.807) is 0 Å². The van der Waals surface area contributed by atoms with Crippen LogP contribution in [-0.2, 0) is 6.42 Å². The Morgan fingerprint density at radius 1 is 0.714 bits per heavy atom. The molecule has 28 heavy (non-hydrogen) atoms. The molecule has 2 heteroatoms. The molecule has 0 unspecified atom stereocenters. The van der Waals surface area contributed by atoms with Gasteiger partial charge in [0.05, 0.1) is 0 Å². The predicted octanol–water partition coefficient (Wildman–Crippen LogP) is 7.87. The van der Waals surface area contributed by atoms with E-state index in [1.807, 2.05) is 12.4 Å². The molecule has 2 aromatic rings. The van der Waals surface area contributed by atoms with Crippen LogP contribution in [0.5, 0.6) is 0 Å². The van der Waals surface area contributed by atoms with Crippen LogP contribution in [0.15, 0.2) is 36.7 Å². The lowest BCUT2D eigenvalue weighted by atomic mass is 9.88. The van der Waals surface area contributed by atoms with Crippen molar-refractivity contribution in [1.82, 2.24) is 9.97 Å². The lowest BCUT2D eigenvalue weighted by Gasteiger charge is -2.20. The Morgan fingerprint density at radius 3 is 1.96 bits per heavy atom. The Balaban J connectivity index is 1.41. The quantitative estimate of drug-likeness (QED) is 0.372. The number of aryl methyl sites for hydroxylation is 1. The van der Waals surface area contributed by atoms with Crippen molar-refractivity contribution < 1.29 is 0 Å². The van der Waals surface area contributed by atoms with E-state index >= 15 is 0 Å². The molecular weight excluding hydrogens is 340 g/mol. The van der Waals surface area contributed by atoms with Crippen LogP contribution >= 0.6 is 0 Å². The Bertz CT molecular complexity index is 654. The van der Waals surface area contributed by atoms with Gasteiger partial charge in [-0.25, -0.2) is 9.97 Å². The lowest BCUT2D eigenvalue weighted by Crippen LogP contribution is -2.08. The largest absolute Gasteiger partial charge is 0.240 e. The number of unbranched alkanes of at least 4 members (excludes halogenated alkanes) is 7. The fourth-order valence-corrected chi connectivity index (χ4v) is 4.39. The Hall–Kier alpha value is -1.70. The van der Waals surface area contributed by atoms with Gasteiger partial charge >= 0.3 is 0 Å². The van der Waals surface area contributed by atoms with Crippen LogP contribution in [0.4, 0.5) is 0 Å². The van der Waals surface area contributed by atoms with Gasteiger partial charge in [0.2, 0.25) is 0 Å². The van der Waals surface area contributed by atoms with E-state index in [4.69, 9.17) is 0 Å². The highest BCUT2D eigenvalue weighted by Gasteiger charge is 2.17. The molecule has 1 aliphatic rings. The van der Waals surface area contributed by atoms with Crippen molar-refractivity contribution in [3.05, 3.63) is 48.0 Å². The first-order valence-electron chi connectivity index (χ1n) is 11.8. The average molecular weight is 379 g/mol. The molecule has 1 fully saturated rings. The molecule has 0 amide bonds. The normalized spacial score (nSPS) is 15.0. The summed E-state index contributed by atoms with van der Waals surface area (Å²) in [6.45, 7) is 2.28. The summed E-state index contributed by atoms with van der Waals surface area (Å²) in [6.07, 6.45) is 22.9. The number of rotatable bonds is 11. The molecule has 0 aliphatic heterocycles. The summed E-state index contributed by atoms with van der Waals surface area (Å²) in [5, 5.41) is 0. The minimum absolute atomic E-state index is 0.580. The van der Waals surface area contributed by atoms with E-state index in [0.717, 1.165) is 11.4 Å². The first-order chi connectivity index (χ1) is 13.9. The number of hydrogen-bond donors (Lipinski definition) is 0. The smallest absolute Gasteiger partial charge is 0.131 e. The Labute approximate surface area is 172 Å². The van der Waals surface area contributed by atoms with E-state index in [2.05, 4.69) is 41.2 Å². The van der Waals surface area contributed by atoms with Gasteiger partial charge in [-0.1, -0.05) is 95.4 Å². The average Bonchev–Trinajstić information content (AvgIpc) is 2.77. The molecule has 1 heterocycles. The fraction of sp³-hybridized carbons (Fsp3) is 0.615. The lowest BCUT2D eigenvalue weighted by molar-refractivity contribution is 0.428. The molecular formula is C26H38N2. The molecule has 0 saturated heterocycles. The van der Waals surface area contributed by atoms with Gasteiger partial charge < -0.3 is 0 Å². The van der Waals surface area contributed by atoms with Crippen LogP contribution in [0.25, 0.3) is 11.1 Å². The molecule has 1 aliphatic carbocycles. The molecule has 2 nitrogen and oxygen atoms in total. The standard InChI is InChI=1S/C26H38N2/c1-2-3-4-5-6-7-8-10-13-22-16-18-23(19-17-22)25-20-27-26(28-21-25)24-14-11-9-12-15-24/h16-21,24H,2-15H2,1H3. The minimum atomic E-state index is 0.580. The highest BCUT2D eigenvalue weighted by atomic mass is 14.9. The zero-order chi connectivity index (χ0) is 19.4. The summed E-state index contributed by atoms with van der Waals surface area (Å²) in [5.74, 6) is 1.63.